The van der Waals surface area contributed by atoms with Gasteiger partial charge in [0.05, 0.1) is 7.11 Å². The maximum atomic E-state index is 5.51. The van der Waals surface area contributed by atoms with Gasteiger partial charge >= 0.3 is 0 Å². The molecule has 0 aromatic heterocycles. The molecule has 2 saturated heterocycles. The molecule has 0 aliphatic carbocycles. The third kappa shape index (κ3) is 2.85. The van der Waals surface area contributed by atoms with Crippen LogP contribution >= 0.6 is 12.4 Å². The van der Waals surface area contributed by atoms with E-state index in [1.165, 1.54) is 31.5 Å². The van der Waals surface area contributed by atoms with E-state index in [9.17, 15) is 0 Å². The molecule has 0 saturated carbocycles. The fourth-order valence-corrected chi connectivity index (χ4v) is 3.80. The van der Waals surface area contributed by atoms with Crippen LogP contribution in [-0.4, -0.2) is 44.5 Å². The lowest BCUT2D eigenvalue weighted by Crippen LogP contribution is -2.43. The monoisotopic (exact) mass is 326 g/mol. The highest BCUT2D eigenvalue weighted by Crippen LogP contribution is 2.42. The van der Waals surface area contributed by atoms with Gasteiger partial charge in [-0.1, -0.05) is 0 Å². The first kappa shape index (κ1) is 15.7. The second kappa shape index (κ2) is 6.52. The van der Waals surface area contributed by atoms with Crippen molar-refractivity contribution in [3.05, 3.63) is 17.7 Å². The third-order valence-electron chi connectivity index (χ3n) is 4.86. The maximum Gasteiger partial charge on any atom is 0.231 e. The normalized spacial score (nSPS) is 26.4. The van der Waals surface area contributed by atoms with Crippen LogP contribution in [0.15, 0.2) is 12.1 Å². The van der Waals surface area contributed by atoms with Crippen LogP contribution in [0.1, 0.15) is 18.4 Å². The number of likely N-dealkylation sites (tertiary alicyclic amines) is 1. The molecule has 0 spiro atoms. The Balaban J connectivity index is 0.00000144. The van der Waals surface area contributed by atoms with Crippen LogP contribution in [0.3, 0.4) is 0 Å². The zero-order chi connectivity index (χ0) is 14.2. The first-order valence-electron chi connectivity index (χ1n) is 7.76. The molecule has 3 aliphatic rings. The van der Waals surface area contributed by atoms with Gasteiger partial charge in [-0.2, -0.15) is 0 Å². The molecule has 2 fully saturated rings. The molecule has 2 unspecified atom stereocenters. The predicted molar refractivity (Wildman–Crippen MR) is 86.2 cm³/mol. The Morgan fingerprint density at radius 1 is 1.32 bits per heavy atom. The lowest BCUT2D eigenvalue weighted by molar-refractivity contribution is 0.155. The Kier molecular flexibility index (Phi) is 4.66. The van der Waals surface area contributed by atoms with Gasteiger partial charge in [0.25, 0.3) is 0 Å². The number of nitrogens with one attached hydrogen (secondary N) is 1. The van der Waals surface area contributed by atoms with Crippen LogP contribution in [0.5, 0.6) is 17.2 Å². The number of hydrogen-bond acceptors (Lipinski definition) is 5. The highest BCUT2D eigenvalue weighted by Gasteiger charge is 2.32. The molecule has 122 valence electrons. The molecule has 6 heteroatoms. The smallest absolute Gasteiger partial charge is 0.231 e. The average Bonchev–Trinajstić information content (AvgIpc) is 3.14. The quantitative estimate of drug-likeness (QED) is 0.920. The molecule has 2 atom stereocenters. The number of ether oxygens (including phenoxy) is 3. The third-order valence-corrected chi connectivity index (χ3v) is 4.86. The molecule has 4 rings (SSSR count). The number of methoxy groups -OCH3 is 1. The highest BCUT2D eigenvalue weighted by molar-refractivity contribution is 5.85. The summed E-state index contributed by atoms with van der Waals surface area (Å²) >= 11 is 0. The molecule has 3 aliphatic heterocycles. The lowest BCUT2D eigenvalue weighted by atomic mass is 9.93. The van der Waals surface area contributed by atoms with E-state index >= 15 is 0 Å². The van der Waals surface area contributed by atoms with Gasteiger partial charge in [-0.3, -0.25) is 4.90 Å². The van der Waals surface area contributed by atoms with Crippen molar-refractivity contribution in [3.63, 3.8) is 0 Å². The first-order valence-corrected chi connectivity index (χ1v) is 7.76. The van der Waals surface area contributed by atoms with E-state index in [1.807, 2.05) is 0 Å². The predicted octanol–water partition coefficient (Wildman–Crippen LogP) is 2.03. The summed E-state index contributed by atoms with van der Waals surface area (Å²) in [5.74, 6) is 3.13. The van der Waals surface area contributed by atoms with Crippen molar-refractivity contribution in [1.29, 1.82) is 0 Å². The van der Waals surface area contributed by atoms with Crippen LogP contribution in [0.2, 0.25) is 0 Å². The van der Waals surface area contributed by atoms with E-state index in [2.05, 4.69) is 22.3 Å². The zero-order valence-electron chi connectivity index (χ0n) is 12.8. The van der Waals surface area contributed by atoms with E-state index in [1.54, 1.807) is 7.11 Å². The molecule has 22 heavy (non-hydrogen) atoms. The highest BCUT2D eigenvalue weighted by atomic mass is 35.5. The van der Waals surface area contributed by atoms with Gasteiger partial charge in [-0.15, -0.1) is 12.4 Å². The summed E-state index contributed by atoms with van der Waals surface area (Å²) in [6, 6.07) is 4.91. The van der Waals surface area contributed by atoms with E-state index in [4.69, 9.17) is 14.2 Å². The van der Waals surface area contributed by atoms with Gasteiger partial charge < -0.3 is 19.5 Å². The minimum absolute atomic E-state index is 0. The number of nitrogens with zero attached hydrogens (tertiary/aromatic N) is 1. The fourth-order valence-electron chi connectivity index (χ4n) is 3.80. The Hall–Kier alpha value is -1.17. The van der Waals surface area contributed by atoms with Gasteiger partial charge in [0, 0.05) is 19.1 Å². The Morgan fingerprint density at radius 2 is 2.23 bits per heavy atom. The molecule has 1 N–H and O–H groups in total. The van der Waals surface area contributed by atoms with E-state index in [0.29, 0.717) is 0 Å². The van der Waals surface area contributed by atoms with Gasteiger partial charge in [0.2, 0.25) is 12.5 Å². The number of rotatable bonds is 3. The molecule has 5 nitrogen and oxygen atoms in total. The topological polar surface area (TPSA) is 43.0 Å². The summed E-state index contributed by atoms with van der Waals surface area (Å²) in [5.41, 5.74) is 1.24. The SMILES string of the molecule is COc1cc(CN2CCC3NCCC3C2)cc2c1OCO2.Cl. The summed E-state index contributed by atoms with van der Waals surface area (Å²) in [4.78, 5) is 2.55. The molecule has 0 radical (unpaired) electrons. The number of benzene rings is 1. The van der Waals surface area contributed by atoms with Crippen LogP contribution < -0.4 is 19.5 Å². The van der Waals surface area contributed by atoms with E-state index in [0.717, 1.165) is 42.3 Å². The van der Waals surface area contributed by atoms with Crippen molar-refractivity contribution in [2.45, 2.75) is 25.4 Å². The van der Waals surface area contributed by atoms with Crippen molar-refractivity contribution in [2.75, 3.05) is 33.5 Å². The Morgan fingerprint density at radius 3 is 3.09 bits per heavy atom. The summed E-state index contributed by atoms with van der Waals surface area (Å²) in [6.07, 6.45) is 2.57. The number of hydrogen-bond donors (Lipinski definition) is 1. The Bertz CT molecular complexity index is 540. The zero-order valence-corrected chi connectivity index (χ0v) is 13.7. The molecule has 3 heterocycles. The first-order chi connectivity index (χ1) is 10.3. The van der Waals surface area contributed by atoms with Gasteiger partial charge in [-0.05, 0) is 49.5 Å². The van der Waals surface area contributed by atoms with E-state index < -0.39 is 0 Å². The molecular weight excluding hydrogens is 304 g/mol. The van der Waals surface area contributed by atoms with Crippen molar-refractivity contribution in [1.82, 2.24) is 10.2 Å². The Labute approximate surface area is 137 Å². The summed E-state index contributed by atoms with van der Waals surface area (Å²) in [5, 5.41) is 3.61. The van der Waals surface area contributed by atoms with Crippen LogP contribution in [0.4, 0.5) is 0 Å². The van der Waals surface area contributed by atoms with Gasteiger partial charge in [0.15, 0.2) is 11.5 Å². The van der Waals surface area contributed by atoms with Crippen molar-refractivity contribution >= 4 is 12.4 Å². The minimum atomic E-state index is 0. The molecule has 0 bridgehead atoms. The lowest BCUT2D eigenvalue weighted by Gasteiger charge is -2.34. The number of piperidine rings is 1. The van der Waals surface area contributed by atoms with Crippen molar-refractivity contribution in [2.24, 2.45) is 5.92 Å². The summed E-state index contributed by atoms with van der Waals surface area (Å²) in [7, 11) is 1.68. The molecule has 1 aromatic rings. The minimum Gasteiger partial charge on any atom is -0.493 e. The largest absolute Gasteiger partial charge is 0.493 e. The molecule has 1 aromatic carbocycles. The van der Waals surface area contributed by atoms with Gasteiger partial charge in [0.1, 0.15) is 0 Å². The second-order valence-corrected chi connectivity index (χ2v) is 6.17. The average molecular weight is 327 g/mol. The van der Waals surface area contributed by atoms with Crippen molar-refractivity contribution in [3.8, 4) is 17.2 Å². The van der Waals surface area contributed by atoms with Gasteiger partial charge in [-0.25, -0.2) is 0 Å². The summed E-state index contributed by atoms with van der Waals surface area (Å²) in [6.45, 7) is 4.77. The molecular formula is C16H23ClN2O3. The maximum absolute atomic E-state index is 5.51. The number of halogens is 1. The van der Waals surface area contributed by atoms with E-state index in [-0.39, 0.29) is 19.2 Å². The van der Waals surface area contributed by atoms with Crippen molar-refractivity contribution < 1.29 is 14.2 Å². The number of fused-ring (bicyclic) bond motifs is 2. The van der Waals surface area contributed by atoms with Crippen LogP contribution in [0.25, 0.3) is 0 Å². The summed E-state index contributed by atoms with van der Waals surface area (Å²) < 4.78 is 16.4. The van der Waals surface area contributed by atoms with Crippen LogP contribution in [0, 0.1) is 5.92 Å². The fraction of sp³-hybridized carbons (Fsp3) is 0.625. The second-order valence-electron chi connectivity index (χ2n) is 6.17. The van der Waals surface area contributed by atoms with Crippen LogP contribution in [-0.2, 0) is 6.54 Å². The standard InChI is InChI=1S/C16H22N2O3.ClH/c1-19-14-6-11(7-15-16(14)21-10-20-15)8-18-5-3-13-12(9-18)2-4-17-13;/h6-7,12-13,17H,2-5,8-10H2,1H3;1H. The molecule has 0 amide bonds.